The van der Waals surface area contributed by atoms with Gasteiger partial charge in [0, 0.05) is 37.0 Å². The summed E-state index contributed by atoms with van der Waals surface area (Å²) in [7, 11) is 0. The molecule has 2 aliphatic carbocycles. The van der Waals surface area contributed by atoms with E-state index in [1.54, 1.807) is 0 Å². The number of amides is 1. The van der Waals surface area contributed by atoms with Crippen molar-refractivity contribution in [2.45, 2.75) is 76.7 Å². The van der Waals surface area contributed by atoms with Crippen LogP contribution in [0.2, 0.25) is 0 Å². The van der Waals surface area contributed by atoms with Crippen molar-refractivity contribution < 1.29 is 14.3 Å². The SMILES string of the molecule is CCOC1CC(N)(C(=O)NC2CCCC3OCCC23)C1(C)C. The lowest BCUT2D eigenvalue weighted by Crippen LogP contribution is -2.76. The number of hydrogen-bond acceptors (Lipinski definition) is 4. The fraction of sp³-hybridized carbons (Fsp3) is 0.941. The summed E-state index contributed by atoms with van der Waals surface area (Å²) in [6.45, 7) is 7.55. The Bertz CT molecular complexity index is 440. The monoisotopic (exact) mass is 310 g/mol. The van der Waals surface area contributed by atoms with Gasteiger partial charge in [0.15, 0.2) is 0 Å². The summed E-state index contributed by atoms with van der Waals surface area (Å²) in [5, 5.41) is 3.25. The molecule has 5 unspecified atom stereocenters. The Labute approximate surface area is 133 Å². The largest absolute Gasteiger partial charge is 0.378 e. The highest BCUT2D eigenvalue weighted by molar-refractivity contribution is 5.89. The summed E-state index contributed by atoms with van der Waals surface area (Å²) in [5.74, 6) is 0.457. The third-order valence-electron chi connectivity index (χ3n) is 6.33. The molecule has 0 bridgehead atoms. The van der Waals surface area contributed by atoms with Crippen LogP contribution in [-0.2, 0) is 14.3 Å². The van der Waals surface area contributed by atoms with Gasteiger partial charge >= 0.3 is 0 Å². The van der Waals surface area contributed by atoms with Crippen LogP contribution in [0.15, 0.2) is 0 Å². The Balaban J connectivity index is 1.64. The smallest absolute Gasteiger partial charge is 0.241 e. The molecule has 1 amide bonds. The fourth-order valence-electron chi connectivity index (χ4n) is 4.47. The Kier molecular flexibility index (Phi) is 4.25. The molecule has 0 spiro atoms. The Morgan fingerprint density at radius 1 is 1.36 bits per heavy atom. The molecule has 1 aliphatic heterocycles. The van der Waals surface area contributed by atoms with Gasteiger partial charge in [-0.15, -0.1) is 0 Å². The van der Waals surface area contributed by atoms with Crippen LogP contribution in [0.4, 0.5) is 0 Å². The summed E-state index contributed by atoms with van der Waals surface area (Å²) in [4.78, 5) is 12.8. The van der Waals surface area contributed by atoms with E-state index in [9.17, 15) is 4.79 Å². The molecule has 3 rings (SSSR count). The molecule has 0 aromatic heterocycles. The van der Waals surface area contributed by atoms with Crippen molar-refractivity contribution >= 4 is 5.91 Å². The molecular weight excluding hydrogens is 280 g/mol. The molecule has 5 nitrogen and oxygen atoms in total. The normalized spacial score (nSPS) is 43.3. The van der Waals surface area contributed by atoms with Gasteiger partial charge in [-0.1, -0.05) is 13.8 Å². The van der Waals surface area contributed by atoms with E-state index in [2.05, 4.69) is 5.32 Å². The lowest BCUT2D eigenvalue weighted by atomic mass is 9.54. The number of nitrogens with one attached hydrogen (secondary N) is 1. The quantitative estimate of drug-likeness (QED) is 0.827. The molecular formula is C17H30N2O3. The second-order valence-electron chi connectivity index (χ2n) is 7.71. The predicted octanol–water partition coefficient (Wildman–Crippen LogP) is 1.59. The van der Waals surface area contributed by atoms with Crippen LogP contribution < -0.4 is 11.1 Å². The zero-order valence-corrected chi connectivity index (χ0v) is 14.1. The van der Waals surface area contributed by atoms with E-state index in [4.69, 9.17) is 15.2 Å². The minimum atomic E-state index is -0.820. The van der Waals surface area contributed by atoms with Gasteiger partial charge < -0.3 is 20.5 Å². The first-order valence-corrected chi connectivity index (χ1v) is 8.73. The Morgan fingerprint density at radius 2 is 2.14 bits per heavy atom. The van der Waals surface area contributed by atoms with Gasteiger partial charge in [0.05, 0.1) is 12.2 Å². The van der Waals surface area contributed by atoms with Crippen LogP contribution in [0, 0.1) is 11.3 Å². The average molecular weight is 310 g/mol. The summed E-state index contributed by atoms with van der Waals surface area (Å²) in [5.41, 5.74) is 5.33. The molecule has 0 aromatic rings. The van der Waals surface area contributed by atoms with Gasteiger partial charge in [0.25, 0.3) is 0 Å². The molecule has 3 N–H and O–H groups in total. The first-order valence-electron chi connectivity index (χ1n) is 8.73. The van der Waals surface area contributed by atoms with Gasteiger partial charge in [0.1, 0.15) is 5.54 Å². The number of fused-ring (bicyclic) bond motifs is 1. The third-order valence-corrected chi connectivity index (χ3v) is 6.33. The number of hydrogen-bond donors (Lipinski definition) is 2. The minimum absolute atomic E-state index is 0.00833. The summed E-state index contributed by atoms with van der Waals surface area (Å²) < 4.78 is 11.5. The van der Waals surface area contributed by atoms with Crippen LogP contribution >= 0.6 is 0 Å². The van der Waals surface area contributed by atoms with E-state index >= 15 is 0 Å². The van der Waals surface area contributed by atoms with Gasteiger partial charge in [-0.25, -0.2) is 0 Å². The van der Waals surface area contributed by atoms with Crippen LogP contribution in [-0.4, -0.2) is 42.9 Å². The second kappa shape index (κ2) is 5.77. The van der Waals surface area contributed by atoms with E-state index in [0.29, 0.717) is 25.0 Å². The van der Waals surface area contributed by atoms with Gasteiger partial charge in [0.2, 0.25) is 5.91 Å². The Morgan fingerprint density at radius 3 is 2.82 bits per heavy atom. The van der Waals surface area contributed by atoms with Crippen molar-refractivity contribution in [2.75, 3.05) is 13.2 Å². The molecule has 126 valence electrons. The summed E-state index contributed by atoms with van der Waals surface area (Å²) >= 11 is 0. The molecule has 2 saturated carbocycles. The highest BCUT2D eigenvalue weighted by Crippen LogP contribution is 2.50. The molecule has 5 heteroatoms. The molecule has 5 atom stereocenters. The molecule has 22 heavy (non-hydrogen) atoms. The van der Waals surface area contributed by atoms with Crippen molar-refractivity contribution in [1.29, 1.82) is 0 Å². The predicted molar refractivity (Wildman–Crippen MR) is 84.4 cm³/mol. The first kappa shape index (κ1) is 16.2. The van der Waals surface area contributed by atoms with Gasteiger partial charge in [-0.3, -0.25) is 4.79 Å². The standard InChI is InChI=1S/C17H30N2O3/c1-4-21-14-10-17(18,16(14,2)3)15(20)19-12-6-5-7-13-11(12)8-9-22-13/h11-14H,4-10,18H2,1-3H3,(H,19,20). The topological polar surface area (TPSA) is 73.6 Å². The van der Waals surface area contributed by atoms with Crippen LogP contribution in [0.3, 0.4) is 0 Å². The number of carbonyl (C=O) groups excluding carboxylic acids is 1. The Hall–Kier alpha value is -0.650. The van der Waals surface area contributed by atoms with E-state index in [0.717, 1.165) is 32.3 Å². The number of carbonyl (C=O) groups is 1. The average Bonchev–Trinajstić information content (AvgIpc) is 2.96. The van der Waals surface area contributed by atoms with Crippen LogP contribution in [0.5, 0.6) is 0 Å². The lowest BCUT2D eigenvalue weighted by molar-refractivity contribution is -0.171. The van der Waals surface area contributed by atoms with E-state index < -0.39 is 5.54 Å². The van der Waals surface area contributed by atoms with Crippen molar-refractivity contribution in [3.8, 4) is 0 Å². The maximum Gasteiger partial charge on any atom is 0.241 e. The molecule has 0 aromatic carbocycles. The molecule has 0 radical (unpaired) electrons. The van der Waals surface area contributed by atoms with E-state index in [1.165, 1.54) is 0 Å². The maximum atomic E-state index is 12.8. The highest BCUT2D eigenvalue weighted by Gasteiger charge is 2.63. The zero-order valence-electron chi connectivity index (χ0n) is 14.1. The van der Waals surface area contributed by atoms with Crippen molar-refractivity contribution in [2.24, 2.45) is 17.1 Å². The van der Waals surface area contributed by atoms with E-state index in [1.807, 2.05) is 20.8 Å². The fourth-order valence-corrected chi connectivity index (χ4v) is 4.47. The molecule has 1 saturated heterocycles. The lowest BCUT2D eigenvalue weighted by Gasteiger charge is -2.58. The van der Waals surface area contributed by atoms with Crippen molar-refractivity contribution in [1.82, 2.24) is 5.32 Å². The molecule has 1 heterocycles. The maximum absolute atomic E-state index is 12.8. The number of rotatable bonds is 4. The van der Waals surface area contributed by atoms with E-state index in [-0.39, 0.29) is 23.5 Å². The van der Waals surface area contributed by atoms with Crippen molar-refractivity contribution in [3.63, 3.8) is 0 Å². The van der Waals surface area contributed by atoms with Crippen LogP contribution in [0.25, 0.3) is 0 Å². The highest BCUT2D eigenvalue weighted by atomic mass is 16.5. The second-order valence-corrected chi connectivity index (χ2v) is 7.71. The summed E-state index contributed by atoms with van der Waals surface area (Å²) in [6.07, 6.45) is 5.36. The van der Waals surface area contributed by atoms with Crippen LogP contribution in [0.1, 0.15) is 52.9 Å². The third kappa shape index (κ3) is 2.38. The van der Waals surface area contributed by atoms with Gasteiger partial charge in [-0.2, -0.15) is 0 Å². The summed E-state index contributed by atoms with van der Waals surface area (Å²) in [6, 6.07) is 0.219. The molecule has 3 fully saturated rings. The minimum Gasteiger partial charge on any atom is -0.378 e. The van der Waals surface area contributed by atoms with Gasteiger partial charge in [-0.05, 0) is 32.6 Å². The molecule has 3 aliphatic rings. The van der Waals surface area contributed by atoms with Crippen molar-refractivity contribution in [3.05, 3.63) is 0 Å². The number of nitrogens with two attached hydrogens (primary N) is 1. The number of ether oxygens (including phenoxy) is 2. The zero-order chi connectivity index (χ0) is 16.0. The first-order chi connectivity index (χ1) is 10.4.